The zero-order valence-corrected chi connectivity index (χ0v) is 32.6. The number of nitrogens with zero attached hydrogens (tertiary/aromatic N) is 3. The molecule has 0 fully saturated rings. The summed E-state index contributed by atoms with van der Waals surface area (Å²) in [6.45, 7) is 16.4. The number of ketones is 1. The molecule has 0 aliphatic carbocycles. The van der Waals surface area contributed by atoms with Crippen LogP contribution in [-0.2, 0) is 19.1 Å². The molecule has 2 aromatic rings. The summed E-state index contributed by atoms with van der Waals surface area (Å²) in [5.41, 5.74) is 0.0407. The van der Waals surface area contributed by atoms with Crippen LogP contribution in [0.1, 0.15) is 129 Å². The molecule has 51 heavy (non-hydrogen) atoms. The predicted molar refractivity (Wildman–Crippen MR) is 204 cm³/mol. The molecule has 0 aliphatic rings. The molecule has 1 unspecified atom stereocenters. The number of methoxy groups -OCH3 is 1. The molecule has 1 aromatic heterocycles. The van der Waals surface area contributed by atoms with Crippen molar-refractivity contribution in [1.82, 2.24) is 4.98 Å². The van der Waals surface area contributed by atoms with Gasteiger partial charge in [-0.2, -0.15) is 0 Å². The van der Waals surface area contributed by atoms with Crippen LogP contribution in [0.2, 0.25) is 0 Å². The number of carbonyl (C=O) groups is 4. The third kappa shape index (κ3) is 13.2. The number of benzene rings is 1. The first-order chi connectivity index (χ1) is 24.3. The lowest BCUT2D eigenvalue weighted by molar-refractivity contribution is -0.132. The molecule has 0 saturated carbocycles. The Balaban J connectivity index is 2.31. The molecule has 11 nitrogen and oxygen atoms in total. The van der Waals surface area contributed by atoms with Gasteiger partial charge in [0.05, 0.1) is 43.0 Å². The Labute approximate surface area is 305 Å². The van der Waals surface area contributed by atoms with Gasteiger partial charge in [0.25, 0.3) is 5.91 Å². The largest absolute Gasteiger partial charge is 0.495 e. The highest BCUT2D eigenvalue weighted by Gasteiger charge is 2.43. The number of amides is 2. The summed E-state index contributed by atoms with van der Waals surface area (Å²) in [5.74, 6) is -0.888. The molecular weight excluding hydrogens is 648 g/mol. The maximum Gasteiger partial charge on any atom is 0.415 e. The second-order valence-corrected chi connectivity index (χ2v) is 13.8. The molecular formula is C40H62N4O7. The van der Waals surface area contributed by atoms with E-state index >= 15 is 0 Å². The third-order valence-electron chi connectivity index (χ3n) is 8.77. The zero-order chi connectivity index (χ0) is 38.0. The first kappa shape index (κ1) is 43.0. The topological polar surface area (TPSA) is 127 Å². The number of nitrogens with one attached hydrogen (secondary N) is 1. The number of pyridine rings is 1. The van der Waals surface area contributed by atoms with Crippen molar-refractivity contribution in [3.05, 3.63) is 41.6 Å². The van der Waals surface area contributed by atoms with E-state index in [1.54, 1.807) is 58.9 Å². The Hall–Kier alpha value is -4.15. The van der Waals surface area contributed by atoms with E-state index in [2.05, 4.69) is 17.1 Å². The third-order valence-corrected chi connectivity index (χ3v) is 8.77. The Bertz CT molecular complexity index is 1420. The highest BCUT2D eigenvalue weighted by atomic mass is 16.6. The summed E-state index contributed by atoms with van der Waals surface area (Å²) in [7, 11) is 1.43. The van der Waals surface area contributed by atoms with Crippen LogP contribution in [0.15, 0.2) is 30.3 Å². The van der Waals surface area contributed by atoms with Crippen molar-refractivity contribution in [1.29, 1.82) is 0 Å². The van der Waals surface area contributed by atoms with Gasteiger partial charge >= 0.3 is 12.1 Å². The predicted octanol–water partition coefficient (Wildman–Crippen LogP) is 8.91. The summed E-state index contributed by atoms with van der Waals surface area (Å²) in [5, 5.41) is 2.77. The molecule has 284 valence electrons. The van der Waals surface area contributed by atoms with Crippen molar-refractivity contribution in [2.24, 2.45) is 5.41 Å². The molecule has 11 heteroatoms. The number of esters is 1. The molecule has 0 spiro atoms. The van der Waals surface area contributed by atoms with Gasteiger partial charge in [0.2, 0.25) is 0 Å². The summed E-state index contributed by atoms with van der Waals surface area (Å²) in [6, 6.07) is 6.36. The second kappa shape index (κ2) is 21.9. The van der Waals surface area contributed by atoms with Gasteiger partial charge in [-0.05, 0) is 64.4 Å². The molecule has 2 amide bonds. The smallest absolute Gasteiger partial charge is 0.415 e. The standard InChI is InChI=1S/C40H62N4O7/c1-10-14-15-16-17-18-19-20-21-22-27-51-38(47)30-23-25-33(49-9)31(28-30)42-37(46)35(36(45)40(6,7)8)44(39(48)50-13-4)32-24-26-34(41-29(32)5)43(11-2)12-3/h23-26,28,35H,10-22,27H2,1-9H3,(H,42,46). The number of carbonyl (C=O) groups excluding carboxylic acids is 4. The van der Waals surface area contributed by atoms with Gasteiger partial charge in [-0.15, -0.1) is 0 Å². The van der Waals surface area contributed by atoms with Gasteiger partial charge in [0.1, 0.15) is 11.6 Å². The normalized spacial score (nSPS) is 11.8. The average molecular weight is 711 g/mol. The minimum Gasteiger partial charge on any atom is -0.495 e. The number of ether oxygens (including phenoxy) is 3. The van der Waals surface area contributed by atoms with Crippen LogP contribution in [-0.4, -0.2) is 68.2 Å². The Morgan fingerprint density at radius 1 is 0.824 bits per heavy atom. The number of hydrogen-bond donors (Lipinski definition) is 1. The summed E-state index contributed by atoms with van der Waals surface area (Å²) < 4.78 is 16.4. The van der Waals surface area contributed by atoms with Crippen LogP contribution in [0.3, 0.4) is 0 Å². The van der Waals surface area contributed by atoms with Crippen molar-refractivity contribution < 1.29 is 33.4 Å². The van der Waals surface area contributed by atoms with Crippen LogP contribution in [0.25, 0.3) is 0 Å². The quantitative estimate of drug-likeness (QED) is 0.0724. The lowest BCUT2D eigenvalue weighted by Gasteiger charge is -2.34. The van der Waals surface area contributed by atoms with E-state index in [1.807, 2.05) is 13.8 Å². The van der Waals surface area contributed by atoms with Crippen LogP contribution in [0.4, 0.5) is 22.0 Å². The lowest BCUT2D eigenvalue weighted by Crippen LogP contribution is -2.55. The summed E-state index contributed by atoms with van der Waals surface area (Å²) in [4.78, 5) is 62.8. The first-order valence-electron chi connectivity index (χ1n) is 18.7. The Morgan fingerprint density at radius 3 is 1.96 bits per heavy atom. The van der Waals surface area contributed by atoms with Gasteiger partial charge < -0.3 is 24.4 Å². The minimum atomic E-state index is -1.64. The molecule has 1 heterocycles. The molecule has 0 aliphatic heterocycles. The Kier molecular flexibility index (Phi) is 18.5. The molecule has 1 aromatic carbocycles. The number of aromatic nitrogens is 1. The van der Waals surface area contributed by atoms with E-state index in [1.165, 1.54) is 58.1 Å². The van der Waals surface area contributed by atoms with E-state index in [-0.39, 0.29) is 29.3 Å². The van der Waals surface area contributed by atoms with Crippen LogP contribution in [0, 0.1) is 12.3 Å². The van der Waals surface area contributed by atoms with Crippen LogP contribution >= 0.6 is 0 Å². The Morgan fingerprint density at radius 2 is 1.43 bits per heavy atom. The second-order valence-electron chi connectivity index (χ2n) is 13.8. The first-order valence-corrected chi connectivity index (χ1v) is 18.7. The van der Waals surface area contributed by atoms with Crippen molar-refractivity contribution in [2.45, 2.75) is 126 Å². The van der Waals surface area contributed by atoms with E-state index in [9.17, 15) is 19.2 Å². The van der Waals surface area contributed by atoms with Crippen molar-refractivity contribution in [3.63, 3.8) is 0 Å². The van der Waals surface area contributed by atoms with Crippen LogP contribution < -0.4 is 19.9 Å². The fourth-order valence-corrected chi connectivity index (χ4v) is 5.79. The van der Waals surface area contributed by atoms with E-state index < -0.39 is 35.2 Å². The van der Waals surface area contributed by atoms with E-state index in [0.29, 0.717) is 18.1 Å². The number of Topliss-reactive ketones (excluding diaryl/α,β-unsaturated/α-hetero) is 1. The number of unbranched alkanes of at least 4 members (excludes halogenated alkanes) is 9. The van der Waals surface area contributed by atoms with Crippen molar-refractivity contribution in [2.75, 3.05) is 48.5 Å². The molecule has 1 N–H and O–H groups in total. The monoisotopic (exact) mass is 710 g/mol. The van der Waals surface area contributed by atoms with E-state index in [0.717, 1.165) is 37.3 Å². The molecule has 0 radical (unpaired) electrons. The number of rotatable bonds is 22. The maximum atomic E-state index is 14.3. The highest BCUT2D eigenvalue weighted by molar-refractivity contribution is 6.19. The van der Waals surface area contributed by atoms with Gasteiger partial charge in [0.15, 0.2) is 11.8 Å². The van der Waals surface area contributed by atoms with Gasteiger partial charge in [0, 0.05) is 18.5 Å². The minimum absolute atomic E-state index is 0.0223. The molecule has 0 saturated heterocycles. The molecule has 2 rings (SSSR count). The van der Waals surface area contributed by atoms with E-state index in [4.69, 9.17) is 19.2 Å². The fourth-order valence-electron chi connectivity index (χ4n) is 5.79. The van der Waals surface area contributed by atoms with Gasteiger partial charge in [-0.1, -0.05) is 85.5 Å². The molecule has 0 bridgehead atoms. The average Bonchev–Trinajstić information content (AvgIpc) is 3.09. The SMILES string of the molecule is CCCCCCCCCCCCOC(=O)c1ccc(OC)c(NC(=O)C(C(=O)C(C)(C)C)N(C(=O)OCC)c2ccc(N(CC)CC)nc2C)c1. The number of aryl methyl sites for hydroxylation is 1. The highest BCUT2D eigenvalue weighted by Crippen LogP contribution is 2.31. The van der Waals surface area contributed by atoms with Gasteiger partial charge in [-0.25, -0.2) is 14.6 Å². The zero-order valence-electron chi connectivity index (χ0n) is 32.6. The van der Waals surface area contributed by atoms with Gasteiger partial charge in [-0.3, -0.25) is 14.5 Å². The van der Waals surface area contributed by atoms with Crippen molar-refractivity contribution in [3.8, 4) is 5.75 Å². The lowest BCUT2D eigenvalue weighted by atomic mass is 9.85. The van der Waals surface area contributed by atoms with Crippen molar-refractivity contribution >= 4 is 40.9 Å². The molecule has 1 atom stereocenters. The number of hydrogen-bond acceptors (Lipinski definition) is 9. The summed E-state index contributed by atoms with van der Waals surface area (Å²) >= 11 is 0. The number of anilines is 3. The fraction of sp³-hybridized carbons (Fsp3) is 0.625. The maximum absolute atomic E-state index is 14.3. The van der Waals surface area contributed by atoms with Crippen LogP contribution in [0.5, 0.6) is 5.75 Å². The summed E-state index contributed by atoms with van der Waals surface area (Å²) in [6.07, 6.45) is 10.9.